The van der Waals surface area contributed by atoms with Gasteiger partial charge in [-0.2, -0.15) is 23.3 Å². The Labute approximate surface area is 159 Å². The SMILES string of the molecule is CCOCCOC(=O)C1=C(C)Nc2ncnn2C1c1ccccc1C(F)(F)F. The number of fused-ring (bicyclic) bond motifs is 1. The number of ether oxygens (including phenoxy) is 2. The van der Waals surface area contributed by atoms with Crippen LogP contribution >= 0.6 is 0 Å². The number of esters is 1. The maximum Gasteiger partial charge on any atom is 0.416 e. The van der Waals surface area contributed by atoms with Crippen LogP contribution < -0.4 is 5.32 Å². The number of carbonyl (C=O) groups excluding carboxylic acids is 1. The molecule has 1 aliphatic heterocycles. The third-order valence-corrected chi connectivity index (χ3v) is 4.24. The second-order valence-corrected chi connectivity index (χ2v) is 6.01. The minimum absolute atomic E-state index is 0.0126. The van der Waals surface area contributed by atoms with E-state index >= 15 is 0 Å². The van der Waals surface area contributed by atoms with Gasteiger partial charge in [0.25, 0.3) is 0 Å². The summed E-state index contributed by atoms with van der Waals surface area (Å²) in [5.41, 5.74) is -0.579. The van der Waals surface area contributed by atoms with Crippen molar-refractivity contribution in [3.05, 3.63) is 53.0 Å². The van der Waals surface area contributed by atoms with Crippen molar-refractivity contribution in [2.24, 2.45) is 0 Å². The van der Waals surface area contributed by atoms with Crippen LogP contribution in [0, 0.1) is 0 Å². The molecule has 3 rings (SSSR count). The molecular weight excluding hydrogens is 377 g/mol. The number of hydrogen-bond acceptors (Lipinski definition) is 6. The Morgan fingerprint density at radius 3 is 2.75 bits per heavy atom. The fourth-order valence-electron chi connectivity index (χ4n) is 3.05. The van der Waals surface area contributed by atoms with Gasteiger partial charge in [-0.25, -0.2) is 9.48 Å². The monoisotopic (exact) mass is 396 g/mol. The van der Waals surface area contributed by atoms with Gasteiger partial charge in [0.2, 0.25) is 5.95 Å². The Kier molecular flexibility index (Phi) is 5.68. The zero-order valence-electron chi connectivity index (χ0n) is 15.3. The molecule has 10 heteroatoms. The summed E-state index contributed by atoms with van der Waals surface area (Å²) in [4.78, 5) is 16.7. The Balaban J connectivity index is 2.05. The van der Waals surface area contributed by atoms with Crippen LogP contribution in [0.15, 0.2) is 41.9 Å². The molecule has 1 aliphatic rings. The highest BCUT2D eigenvalue weighted by Crippen LogP contribution is 2.41. The molecule has 0 bridgehead atoms. The van der Waals surface area contributed by atoms with Crippen molar-refractivity contribution in [2.45, 2.75) is 26.1 Å². The van der Waals surface area contributed by atoms with E-state index in [0.29, 0.717) is 12.3 Å². The molecule has 2 aromatic rings. The van der Waals surface area contributed by atoms with Gasteiger partial charge < -0.3 is 14.8 Å². The lowest BCUT2D eigenvalue weighted by molar-refractivity contribution is -0.142. The second-order valence-electron chi connectivity index (χ2n) is 6.01. The average Bonchev–Trinajstić information content (AvgIpc) is 3.11. The smallest absolute Gasteiger partial charge is 0.416 e. The minimum atomic E-state index is -4.60. The topological polar surface area (TPSA) is 78.3 Å². The van der Waals surface area contributed by atoms with Crippen molar-refractivity contribution < 1.29 is 27.4 Å². The predicted octanol–water partition coefficient (Wildman–Crippen LogP) is 3.17. The van der Waals surface area contributed by atoms with Gasteiger partial charge in [0.1, 0.15) is 19.0 Å². The van der Waals surface area contributed by atoms with Crippen LogP contribution in [0.4, 0.5) is 19.1 Å². The number of carbonyl (C=O) groups is 1. The standard InChI is InChI=1S/C18H19F3N4O3/c1-3-27-8-9-28-16(26)14-11(2)24-17-22-10-23-25(17)15(14)12-6-4-5-7-13(12)18(19,20)21/h4-7,10,15H,3,8-9H2,1-2H3,(H,22,23,24). The van der Waals surface area contributed by atoms with Crippen LogP contribution in [0.5, 0.6) is 0 Å². The molecule has 0 saturated heterocycles. The molecule has 1 unspecified atom stereocenters. The van der Waals surface area contributed by atoms with E-state index in [0.717, 1.165) is 6.07 Å². The van der Waals surface area contributed by atoms with Crippen molar-refractivity contribution in [1.82, 2.24) is 14.8 Å². The molecule has 1 atom stereocenters. The van der Waals surface area contributed by atoms with Crippen molar-refractivity contribution in [2.75, 3.05) is 25.1 Å². The number of benzene rings is 1. The van der Waals surface area contributed by atoms with Gasteiger partial charge in [-0.3, -0.25) is 0 Å². The maximum atomic E-state index is 13.6. The Morgan fingerprint density at radius 1 is 1.29 bits per heavy atom. The highest BCUT2D eigenvalue weighted by molar-refractivity contribution is 5.92. The van der Waals surface area contributed by atoms with Crippen LogP contribution in [-0.2, 0) is 20.4 Å². The summed E-state index contributed by atoms with van der Waals surface area (Å²) >= 11 is 0. The van der Waals surface area contributed by atoms with Gasteiger partial charge in [0.15, 0.2) is 0 Å². The number of nitrogens with one attached hydrogen (secondary N) is 1. The third kappa shape index (κ3) is 3.86. The van der Waals surface area contributed by atoms with Crippen molar-refractivity contribution >= 4 is 11.9 Å². The fourth-order valence-corrected chi connectivity index (χ4v) is 3.05. The molecule has 0 spiro atoms. The Hall–Kier alpha value is -2.88. The first kappa shape index (κ1) is 19.9. The minimum Gasteiger partial charge on any atom is -0.460 e. The van der Waals surface area contributed by atoms with Crippen LogP contribution in [0.3, 0.4) is 0 Å². The molecular formula is C18H19F3N4O3. The van der Waals surface area contributed by atoms with Gasteiger partial charge in [0, 0.05) is 12.3 Å². The zero-order chi connectivity index (χ0) is 20.3. The third-order valence-electron chi connectivity index (χ3n) is 4.24. The quantitative estimate of drug-likeness (QED) is 0.597. The van der Waals surface area contributed by atoms with E-state index in [4.69, 9.17) is 9.47 Å². The highest BCUT2D eigenvalue weighted by atomic mass is 19.4. The molecule has 7 nitrogen and oxygen atoms in total. The number of allylic oxidation sites excluding steroid dienone is 1. The number of hydrogen-bond donors (Lipinski definition) is 1. The van der Waals surface area contributed by atoms with Gasteiger partial charge >= 0.3 is 12.1 Å². The maximum absolute atomic E-state index is 13.6. The summed E-state index contributed by atoms with van der Waals surface area (Å²) in [5, 5.41) is 6.91. The molecule has 150 valence electrons. The van der Waals surface area contributed by atoms with E-state index in [1.54, 1.807) is 13.8 Å². The van der Waals surface area contributed by atoms with E-state index in [2.05, 4.69) is 15.4 Å². The summed E-state index contributed by atoms with van der Waals surface area (Å²) in [5.74, 6) is -0.502. The molecule has 1 N–H and O–H groups in total. The van der Waals surface area contributed by atoms with Crippen molar-refractivity contribution in [1.29, 1.82) is 0 Å². The number of anilines is 1. The molecule has 2 heterocycles. The Bertz CT molecular complexity index is 892. The summed E-state index contributed by atoms with van der Waals surface area (Å²) in [6.07, 6.45) is -3.39. The number of alkyl halides is 3. The summed E-state index contributed by atoms with van der Waals surface area (Å²) in [7, 11) is 0. The average molecular weight is 396 g/mol. The highest BCUT2D eigenvalue weighted by Gasteiger charge is 2.41. The summed E-state index contributed by atoms with van der Waals surface area (Å²) in [6, 6.07) is 3.95. The van der Waals surface area contributed by atoms with E-state index in [1.807, 2.05) is 0 Å². The van der Waals surface area contributed by atoms with Crippen molar-refractivity contribution in [3.63, 3.8) is 0 Å². The van der Waals surface area contributed by atoms with Crippen LogP contribution in [0.2, 0.25) is 0 Å². The number of nitrogens with zero attached hydrogens (tertiary/aromatic N) is 3. The van der Waals surface area contributed by atoms with Gasteiger partial charge in [0.05, 0.1) is 17.7 Å². The molecule has 0 aliphatic carbocycles. The molecule has 1 aromatic carbocycles. The second kappa shape index (κ2) is 8.01. The lowest BCUT2D eigenvalue weighted by atomic mass is 9.92. The van der Waals surface area contributed by atoms with Gasteiger partial charge in [-0.15, -0.1) is 0 Å². The molecule has 0 amide bonds. The number of aromatic nitrogens is 3. The molecule has 28 heavy (non-hydrogen) atoms. The van der Waals surface area contributed by atoms with E-state index in [9.17, 15) is 18.0 Å². The lowest BCUT2D eigenvalue weighted by Crippen LogP contribution is -2.31. The number of halogens is 3. The first-order valence-electron chi connectivity index (χ1n) is 8.62. The number of rotatable bonds is 6. The first-order valence-corrected chi connectivity index (χ1v) is 8.62. The summed E-state index contributed by atoms with van der Waals surface area (Å²) in [6.45, 7) is 4.03. The van der Waals surface area contributed by atoms with E-state index < -0.39 is 23.8 Å². The van der Waals surface area contributed by atoms with E-state index in [1.165, 1.54) is 29.2 Å². The molecule has 0 fully saturated rings. The normalized spacial score (nSPS) is 16.5. The molecule has 1 aromatic heterocycles. The molecule has 0 radical (unpaired) electrons. The predicted molar refractivity (Wildman–Crippen MR) is 93.4 cm³/mol. The van der Waals surface area contributed by atoms with E-state index in [-0.39, 0.29) is 30.3 Å². The first-order chi connectivity index (χ1) is 13.3. The van der Waals surface area contributed by atoms with Crippen molar-refractivity contribution in [3.8, 4) is 0 Å². The Morgan fingerprint density at radius 2 is 2.04 bits per heavy atom. The van der Waals surface area contributed by atoms with Crippen LogP contribution in [0.25, 0.3) is 0 Å². The summed E-state index contributed by atoms with van der Waals surface area (Å²) < 4.78 is 52.4. The van der Waals surface area contributed by atoms with Gasteiger partial charge in [-0.1, -0.05) is 18.2 Å². The molecule has 0 saturated carbocycles. The zero-order valence-corrected chi connectivity index (χ0v) is 15.3. The fraction of sp³-hybridized carbons (Fsp3) is 0.389. The van der Waals surface area contributed by atoms with Gasteiger partial charge in [-0.05, 0) is 25.5 Å². The van der Waals surface area contributed by atoms with Crippen LogP contribution in [0.1, 0.15) is 31.0 Å². The van der Waals surface area contributed by atoms with Crippen LogP contribution in [-0.4, -0.2) is 40.6 Å². The largest absolute Gasteiger partial charge is 0.460 e. The lowest BCUT2D eigenvalue weighted by Gasteiger charge is -2.29.